The summed E-state index contributed by atoms with van der Waals surface area (Å²) in [6, 6.07) is 8.60. The van der Waals surface area contributed by atoms with E-state index >= 15 is 0 Å². The van der Waals surface area contributed by atoms with Gasteiger partial charge in [-0.15, -0.1) is 0 Å². The van der Waals surface area contributed by atoms with Crippen LogP contribution in [0.3, 0.4) is 0 Å². The minimum Gasteiger partial charge on any atom is -0.273 e. The quantitative estimate of drug-likeness (QED) is 0.883. The minimum absolute atomic E-state index is 0.228. The second-order valence-electron chi connectivity index (χ2n) is 4.15. The number of hydrogen-bond donors (Lipinski definition) is 1. The topological polar surface area (TPSA) is 46.2 Å². The Kier molecular flexibility index (Phi) is 4.34. The highest BCUT2D eigenvalue weighted by molar-refractivity contribution is 7.91. The van der Waals surface area contributed by atoms with Crippen LogP contribution < -0.4 is 4.72 Å². The van der Waals surface area contributed by atoms with Gasteiger partial charge in [0, 0.05) is 6.42 Å². The zero-order valence-corrected chi connectivity index (χ0v) is 12.7. The average molecular weight is 311 g/mol. The first-order chi connectivity index (χ1) is 8.97. The van der Waals surface area contributed by atoms with Crippen LogP contribution in [0.1, 0.15) is 11.1 Å². The molecule has 2 aromatic rings. The monoisotopic (exact) mass is 311 g/mol. The molecular weight excluding hydrogens is 298 g/mol. The number of nitrogens with one attached hydrogen (secondary N) is 1. The lowest BCUT2D eigenvalue weighted by Gasteiger charge is -2.08. The van der Waals surface area contributed by atoms with Gasteiger partial charge in [-0.1, -0.05) is 29.9 Å². The van der Waals surface area contributed by atoms with Crippen LogP contribution in [0.15, 0.2) is 46.0 Å². The predicted octanol–water partition coefficient (Wildman–Crippen LogP) is 2.90. The van der Waals surface area contributed by atoms with Gasteiger partial charge >= 0.3 is 0 Å². The number of rotatable bonds is 4. The summed E-state index contributed by atoms with van der Waals surface area (Å²) < 4.78 is 26.6. The highest BCUT2D eigenvalue weighted by Crippen LogP contribution is 2.11. The third kappa shape index (κ3) is 3.86. The standard InChI is InChI=1S/C13H13NO2S3/c1-10-2-4-12(5-3-10)19(15,16)14-13(17)8-11-6-7-18-9-11/h2-7,9H,8H2,1H3,(H,14,17). The van der Waals surface area contributed by atoms with E-state index in [0.717, 1.165) is 11.1 Å². The van der Waals surface area contributed by atoms with Crippen LogP contribution >= 0.6 is 23.6 Å². The van der Waals surface area contributed by atoms with Crippen molar-refractivity contribution in [2.75, 3.05) is 0 Å². The zero-order chi connectivity index (χ0) is 13.9. The second kappa shape index (κ2) is 5.81. The molecule has 3 nitrogen and oxygen atoms in total. The SMILES string of the molecule is Cc1ccc(S(=O)(=O)NC(=S)Cc2ccsc2)cc1. The molecule has 0 aliphatic carbocycles. The molecule has 0 saturated carbocycles. The Morgan fingerprint density at radius 3 is 2.53 bits per heavy atom. The summed E-state index contributed by atoms with van der Waals surface area (Å²) in [5, 5.41) is 3.89. The van der Waals surface area contributed by atoms with Crippen LogP contribution in [0.25, 0.3) is 0 Å². The van der Waals surface area contributed by atoms with E-state index in [9.17, 15) is 8.42 Å². The largest absolute Gasteiger partial charge is 0.273 e. The Balaban J connectivity index is 2.09. The van der Waals surface area contributed by atoms with Crippen LogP contribution in [0.4, 0.5) is 0 Å². The average Bonchev–Trinajstić information content (AvgIpc) is 2.81. The Bertz CT molecular complexity index is 658. The molecule has 0 aliphatic heterocycles. The number of thiocarbonyl (C=S) groups is 1. The molecular formula is C13H13NO2S3. The van der Waals surface area contributed by atoms with Crippen molar-refractivity contribution >= 4 is 38.6 Å². The van der Waals surface area contributed by atoms with E-state index in [1.54, 1.807) is 35.6 Å². The third-order valence-corrected chi connectivity index (χ3v) is 5.04. The molecule has 100 valence electrons. The van der Waals surface area contributed by atoms with Gasteiger partial charge in [0.2, 0.25) is 0 Å². The van der Waals surface area contributed by atoms with Crippen molar-refractivity contribution in [1.29, 1.82) is 0 Å². The molecule has 0 bridgehead atoms. The molecule has 1 aromatic heterocycles. The number of aryl methyl sites for hydroxylation is 1. The molecule has 0 amide bonds. The molecule has 6 heteroatoms. The molecule has 0 unspecified atom stereocenters. The van der Waals surface area contributed by atoms with E-state index in [2.05, 4.69) is 4.72 Å². The van der Waals surface area contributed by atoms with Crippen molar-refractivity contribution in [2.24, 2.45) is 0 Å². The van der Waals surface area contributed by atoms with Gasteiger partial charge in [0.1, 0.15) is 0 Å². The fourth-order valence-electron chi connectivity index (χ4n) is 1.54. The van der Waals surface area contributed by atoms with E-state index in [1.165, 1.54) is 0 Å². The summed E-state index contributed by atoms with van der Waals surface area (Å²) in [4.78, 5) is 0.532. The molecule has 2 rings (SSSR count). The van der Waals surface area contributed by atoms with Crippen LogP contribution in [-0.4, -0.2) is 13.4 Å². The van der Waals surface area contributed by atoms with E-state index in [4.69, 9.17) is 12.2 Å². The van der Waals surface area contributed by atoms with Crippen LogP contribution in [0.2, 0.25) is 0 Å². The van der Waals surface area contributed by atoms with Gasteiger partial charge in [-0.2, -0.15) is 11.3 Å². The zero-order valence-electron chi connectivity index (χ0n) is 10.3. The minimum atomic E-state index is -3.57. The summed E-state index contributed by atoms with van der Waals surface area (Å²) in [6.45, 7) is 1.91. The number of thiophene rings is 1. The molecule has 0 fully saturated rings. The maximum Gasteiger partial charge on any atom is 0.262 e. The van der Waals surface area contributed by atoms with Gasteiger partial charge in [0.15, 0.2) is 0 Å². The van der Waals surface area contributed by atoms with Crippen molar-refractivity contribution in [3.8, 4) is 0 Å². The molecule has 19 heavy (non-hydrogen) atoms. The van der Waals surface area contributed by atoms with Gasteiger partial charge in [0.25, 0.3) is 10.0 Å². The lowest BCUT2D eigenvalue weighted by molar-refractivity contribution is 0.592. The van der Waals surface area contributed by atoms with Gasteiger partial charge in [-0.25, -0.2) is 8.42 Å². The maximum atomic E-state index is 12.1. The Morgan fingerprint density at radius 1 is 1.26 bits per heavy atom. The normalized spacial score (nSPS) is 11.2. The number of benzene rings is 1. The maximum absolute atomic E-state index is 12.1. The highest BCUT2D eigenvalue weighted by Gasteiger charge is 2.15. The molecule has 0 saturated heterocycles. The van der Waals surface area contributed by atoms with E-state index in [1.807, 2.05) is 23.8 Å². The lowest BCUT2D eigenvalue weighted by Crippen LogP contribution is -2.30. The molecule has 1 heterocycles. The third-order valence-electron chi connectivity index (χ3n) is 2.52. The Labute approximate surface area is 122 Å². The highest BCUT2D eigenvalue weighted by atomic mass is 32.2. The fourth-order valence-corrected chi connectivity index (χ4v) is 3.69. The summed E-state index contributed by atoms with van der Waals surface area (Å²) >= 11 is 6.65. The van der Waals surface area contributed by atoms with Gasteiger partial charge < -0.3 is 0 Å². The van der Waals surface area contributed by atoms with Gasteiger partial charge in [-0.3, -0.25) is 4.72 Å². The summed E-state index contributed by atoms with van der Waals surface area (Å²) in [5.74, 6) is 0. The van der Waals surface area contributed by atoms with Crippen molar-refractivity contribution in [2.45, 2.75) is 18.2 Å². The summed E-state index contributed by atoms with van der Waals surface area (Å²) in [6.07, 6.45) is 0.434. The Hall–Kier alpha value is -1.24. The second-order valence-corrected chi connectivity index (χ2v) is 7.11. The first-order valence-electron chi connectivity index (χ1n) is 5.61. The van der Waals surface area contributed by atoms with E-state index in [-0.39, 0.29) is 4.90 Å². The molecule has 1 aromatic carbocycles. The fraction of sp³-hybridized carbons (Fsp3) is 0.154. The summed E-state index contributed by atoms with van der Waals surface area (Å²) in [7, 11) is -3.57. The first kappa shape index (κ1) is 14.2. The van der Waals surface area contributed by atoms with Gasteiger partial charge in [0.05, 0.1) is 9.88 Å². The number of sulfonamides is 1. The lowest BCUT2D eigenvalue weighted by atomic mass is 10.2. The Morgan fingerprint density at radius 2 is 1.95 bits per heavy atom. The van der Waals surface area contributed by atoms with E-state index < -0.39 is 10.0 Å². The molecule has 0 aliphatic rings. The van der Waals surface area contributed by atoms with Gasteiger partial charge in [-0.05, 0) is 41.4 Å². The van der Waals surface area contributed by atoms with Crippen LogP contribution in [-0.2, 0) is 16.4 Å². The van der Waals surface area contributed by atoms with E-state index in [0.29, 0.717) is 11.4 Å². The smallest absolute Gasteiger partial charge is 0.262 e. The van der Waals surface area contributed by atoms with Crippen molar-refractivity contribution in [3.05, 3.63) is 52.2 Å². The van der Waals surface area contributed by atoms with Crippen molar-refractivity contribution in [1.82, 2.24) is 4.72 Å². The molecule has 0 atom stereocenters. The van der Waals surface area contributed by atoms with Crippen LogP contribution in [0, 0.1) is 6.92 Å². The molecule has 0 spiro atoms. The molecule has 1 N–H and O–H groups in total. The van der Waals surface area contributed by atoms with Crippen LogP contribution in [0.5, 0.6) is 0 Å². The molecule has 0 radical (unpaired) electrons. The number of hydrogen-bond acceptors (Lipinski definition) is 4. The first-order valence-corrected chi connectivity index (χ1v) is 8.44. The van der Waals surface area contributed by atoms with Crippen molar-refractivity contribution in [3.63, 3.8) is 0 Å². The summed E-state index contributed by atoms with van der Waals surface area (Å²) in [5.41, 5.74) is 2.03. The predicted molar refractivity (Wildman–Crippen MR) is 82.1 cm³/mol. The van der Waals surface area contributed by atoms with Crippen molar-refractivity contribution < 1.29 is 8.42 Å².